The third-order valence-electron chi connectivity index (χ3n) is 4.06. The summed E-state index contributed by atoms with van der Waals surface area (Å²) in [5, 5.41) is 14.1. The minimum Gasteiger partial charge on any atom is -0.481 e. The Balaban J connectivity index is 1.60. The molecule has 1 aromatic carbocycles. The number of hydrogen-bond acceptors (Lipinski definition) is 3. The van der Waals surface area contributed by atoms with E-state index in [1.165, 1.54) is 5.56 Å². The minimum atomic E-state index is -0.820. The molecular weight excluding hydrogens is 296 g/mol. The van der Waals surface area contributed by atoms with Crippen LogP contribution < -0.4 is 10.6 Å². The fourth-order valence-electron chi connectivity index (χ4n) is 2.50. The van der Waals surface area contributed by atoms with Gasteiger partial charge in [0.2, 0.25) is 11.8 Å². The van der Waals surface area contributed by atoms with Gasteiger partial charge in [-0.15, -0.1) is 0 Å². The molecule has 1 fully saturated rings. The van der Waals surface area contributed by atoms with Gasteiger partial charge in [-0.05, 0) is 31.7 Å². The van der Waals surface area contributed by atoms with Gasteiger partial charge < -0.3 is 15.7 Å². The van der Waals surface area contributed by atoms with Gasteiger partial charge in [-0.2, -0.15) is 0 Å². The molecule has 1 saturated carbocycles. The third kappa shape index (κ3) is 5.39. The molecule has 1 aliphatic carbocycles. The largest absolute Gasteiger partial charge is 0.481 e. The van der Waals surface area contributed by atoms with Crippen LogP contribution in [0.1, 0.15) is 30.4 Å². The normalized spacial score (nSPS) is 19.5. The Bertz CT molecular complexity index is 577. The fraction of sp³-hybridized carbons (Fsp3) is 0.471. The van der Waals surface area contributed by atoms with Gasteiger partial charge >= 0.3 is 5.97 Å². The van der Waals surface area contributed by atoms with E-state index in [-0.39, 0.29) is 30.3 Å². The summed E-state index contributed by atoms with van der Waals surface area (Å²) >= 11 is 0. The van der Waals surface area contributed by atoms with E-state index in [4.69, 9.17) is 5.11 Å². The Hall–Kier alpha value is -2.37. The van der Waals surface area contributed by atoms with Crippen LogP contribution in [0.4, 0.5) is 0 Å². The van der Waals surface area contributed by atoms with Gasteiger partial charge in [-0.3, -0.25) is 14.4 Å². The van der Waals surface area contributed by atoms with Crippen molar-refractivity contribution in [1.82, 2.24) is 10.6 Å². The predicted molar refractivity (Wildman–Crippen MR) is 84.8 cm³/mol. The number of rotatable bonds is 7. The Morgan fingerprint density at radius 2 is 1.78 bits per heavy atom. The van der Waals surface area contributed by atoms with E-state index < -0.39 is 5.97 Å². The maximum absolute atomic E-state index is 11.7. The summed E-state index contributed by atoms with van der Waals surface area (Å²) in [5.74, 6) is -1.62. The van der Waals surface area contributed by atoms with Crippen LogP contribution in [0.5, 0.6) is 0 Å². The number of carboxylic acid groups (broad SMARTS) is 1. The van der Waals surface area contributed by atoms with Gasteiger partial charge in [-0.1, -0.05) is 29.8 Å². The molecule has 6 nitrogen and oxygen atoms in total. The van der Waals surface area contributed by atoms with Crippen LogP contribution in [-0.4, -0.2) is 35.5 Å². The van der Waals surface area contributed by atoms with Crippen molar-refractivity contribution >= 4 is 17.8 Å². The highest BCUT2D eigenvalue weighted by molar-refractivity contribution is 5.85. The quantitative estimate of drug-likeness (QED) is 0.699. The number of carbonyl (C=O) groups is 3. The highest BCUT2D eigenvalue weighted by Crippen LogP contribution is 2.27. The topological polar surface area (TPSA) is 95.5 Å². The highest BCUT2D eigenvalue weighted by atomic mass is 16.4. The lowest BCUT2D eigenvalue weighted by molar-refractivity contribution is -0.146. The van der Waals surface area contributed by atoms with Crippen molar-refractivity contribution in [1.29, 1.82) is 0 Å². The molecule has 0 spiro atoms. The van der Waals surface area contributed by atoms with Crippen LogP contribution in [0.15, 0.2) is 24.3 Å². The van der Waals surface area contributed by atoms with Crippen LogP contribution in [0, 0.1) is 12.8 Å². The van der Waals surface area contributed by atoms with Gasteiger partial charge in [-0.25, -0.2) is 0 Å². The average molecular weight is 318 g/mol. The summed E-state index contributed by atoms with van der Waals surface area (Å²) in [4.78, 5) is 34.1. The molecule has 0 aromatic heterocycles. The summed E-state index contributed by atoms with van der Waals surface area (Å²) in [6.45, 7) is 1.94. The molecule has 0 aliphatic heterocycles. The molecule has 6 heteroatoms. The van der Waals surface area contributed by atoms with E-state index in [0.29, 0.717) is 25.7 Å². The Morgan fingerprint density at radius 1 is 1.13 bits per heavy atom. The maximum Gasteiger partial charge on any atom is 0.306 e. The minimum absolute atomic E-state index is 0.0685. The lowest BCUT2D eigenvalue weighted by Gasteiger charge is -2.32. The van der Waals surface area contributed by atoms with Gasteiger partial charge in [0.15, 0.2) is 0 Å². The number of aryl methyl sites for hydroxylation is 2. The molecule has 0 radical (unpaired) electrons. The van der Waals surface area contributed by atoms with E-state index in [1.807, 2.05) is 31.2 Å². The van der Waals surface area contributed by atoms with Crippen molar-refractivity contribution in [3.63, 3.8) is 0 Å². The summed E-state index contributed by atoms with van der Waals surface area (Å²) in [5.41, 5.74) is 2.26. The molecular formula is C17H22N2O4. The summed E-state index contributed by atoms with van der Waals surface area (Å²) in [7, 11) is 0. The highest BCUT2D eigenvalue weighted by Gasteiger charge is 2.35. The molecule has 2 amide bonds. The van der Waals surface area contributed by atoms with Gasteiger partial charge in [0.05, 0.1) is 12.5 Å². The van der Waals surface area contributed by atoms with Crippen molar-refractivity contribution < 1.29 is 19.5 Å². The monoisotopic (exact) mass is 318 g/mol. The molecule has 1 aromatic rings. The molecule has 23 heavy (non-hydrogen) atoms. The first-order valence-corrected chi connectivity index (χ1v) is 7.78. The lowest BCUT2D eigenvalue weighted by Crippen LogP contribution is -2.49. The molecule has 1 aliphatic rings. The van der Waals surface area contributed by atoms with E-state index in [2.05, 4.69) is 10.6 Å². The molecule has 0 bridgehead atoms. The van der Waals surface area contributed by atoms with Crippen LogP contribution >= 0.6 is 0 Å². The number of aliphatic carboxylic acids is 1. The molecule has 0 unspecified atom stereocenters. The molecule has 0 heterocycles. The zero-order chi connectivity index (χ0) is 16.8. The number of carbonyl (C=O) groups excluding carboxylic acids is 2. The van der Waals surface area contributed by atoms with Crippen molar-refractivity contribution in [2.75, 3.05) is 6.54 Å². The first-order chi connectivity index (χ1) is 10.9. The van der Waals surface area contributed by atoms with Crippen molar-refractivity contribution in [2.45, 2.75) is 38.6 Å². The van der Waals surface area contributed by atoms with E-state index in [1.54, 1.807) is 0 Å². The Labute approximate surface area is 135 Å². The molecule has 2 rings (SSSR count). The van der Waals surface area contributed by atoms with Crippen LogP contribution in [0.3, 0.4) is 0 Å². The second-order valence-corrected chi connectivity index (χ2v) is 6.03. The van der Waals surface area contributed by atoms with E-state index >= 15 is 0 Å². The first-order valence-electron chi connectivity index (χ1n) is 7.78. The Kier molecular flexibility index (Phi) is 5.73. The average Bonchev–Trinajstić information content (AvgIpc) is 2.47. The van der Waals surface area contributed by atoms with Gasteiger partial charge in [0, 0.05) is 12.5 Å². The smallest absolute Gasteiger partial charge is 0.306 e. The summed E-state index contributed by atoms with van der Waals surface area (Å²) < 4.78 is 0. The zero-order valence-corrected chi connectivity index (χ0v) is 13.2. The van der Waals surface area contributed by atoms with Crippen molar-refractivity contribution in [3.8, 4) is 0 Å². The zero-order valence-electron chi connectivity index (χ0n) is 13.2. The maximum atomic E-state index is 11.7. The molecule has 3 N–H and O–H groups in total. The number of nitrogens with one attached hydrogen (secondary N) is 2. The second-order valence-electron chi connectivity index (χ2n) is 6.03. The second kappa shape index (κ2) is 7.76. The summed E-state index contributed by atoms with van der Waals surface area (Å²) in [6.07, 6.45) is 1.89. The summed E-state index contributed by atoms with van der Waals surface area (Å²) in [6, 6.07) is 7.90. The SMILES string of the molecule is Cc1ccc(CCC(=O)NCC(=O)NC2CC(C(=O)O)C2)cc1. The standard InChI is InChI=1S/C17H22N2O4/c1-11-2-4-12(5-3-11)6-7-15(20)18-10-16(21)19-14-8-13(9-14)17(22)23/h2-5,13-14H,6-10H2,1H3,(H,18,20)(H,19,21)(H,22,23). The van der Waals surface area contributed by atoms with Crippen LogP contribution in [-0.2, 0) is 20.8 Å². The number of carboxylic acids is 1. The lowest BCUT2D eigenvalue weighted by atomic mass is 9.80. The number of amides is 2. The fourth-order valence-corrected chi connectivity index (χ4v) is 2.50. The van der Waals surface area contributed by atoms with Crippen molar-refractivity contribution in [2.24, 2.45) is 5.92 Å². The van der Waals surface area contributed by atoms with Crippen molar-refractivity contribution in [3.05, 3.63) is 35.4 Å². The first kappa shape index (κ1) is 17.0. The molecule has 0 saturated heterocycles. The van der Waals surface area contributed by atoms with Crippen LogP contribution in [0.2, 0.25) is 0 Å². The van der Waals surface area contributed by atoms with Crippen LogP contribution in [0.25, 0.3) is 0 Å². The van der Waals surface area contributed by atoms with Gasteiger partial charge in [0.25, 0.3) is 0 Å². The predicted octanol–water partition coefficient (Wildman–Crippen LogP) is 1.02. The van der Waals surface area contributed by atoms with Gasteiger partial charge in [0.1, 0.15) is 0 Å². The Morgan fingerprint density at radius 3 is 2.39 bits per heavy atom. The van der Waals surface area contributed by atoms with E-state index in [0.717, 1.165) is 5.56 Å². The van der Waals surface area contributed by atoms with E-state index in [9.17, 15) is 14.4 Å². The molecule has 124 valence electrons. The number of benzene rings is 1. The molecule has 0 atom stereocenters. The number of hydrogen-bond donors (Lipinski definition) is 3. The third-order valence-corrected chi connectivity index (χ3v) is 4.06.